The van der Waals surface area contributed by atoms with Crippen molar-refractivity contribution in [3.63, 3.8) is 0 Å². The summed E-state index contributed by atoms with van der Waals surface area (Å²) in [6, 6.07) is 7.60. The molecule has 0 aliphatic carbocycles. The van der Waals surface area contributed by atoms with Gasteiger partial charge >= 0.3 is 0 Å². The second-order valence-electron chi connectivity index (χ2n) is 5.64. The quantitative estimate of drug-likeness (QED) is 0.712. The molecular formula is C14H16BrN3O3S2. The van der Waals surface area contributed by atoms with Crippen molar-refractivity contribution < 1.29 is 12.8 Å². The zero-order valence-electron chi connectivity index (χ0n) is 12.5. The van der Waals surface area contributed by atoms with E-state index in [-0.39, 0.29) is 22.4 Å². The fourth-order valence-corrected chi connectivity index (χ4v) is 4.97. The van der Waals surface area contributed by atoms with Crippen molar-refractivity contribution in [2.45, 2.75) is 19.1 Å². The van der Waals surface area contributed by atoms with Crippen LogP contribution in [0.2, 0.25) is 0 Å². The first kappa shape index (κ1) is 16.8. The van der Waals surface area contributed by atoms with Crippen LogP contribution in [0.25, 0.3) is 11.5 Å². The standard InChI is InChI=1S/C14H16BrN3O3S2/c1-17(12-5-6-23(19,20)8-12)9-18-14(22)21-13(16-18)10-3-2-4-11(15)7-10/h2-4,7,12H,5-6,8-9H2,1H3. The molecule has 1 aromatic carbocycles. The number of halogens is 1. The highest BCUT2D eigenvalue weighted by Gasteiger charge is 2.30. The molecule has 1 aliphatic rings. The third-order valence-electron chi connectivity index (χ3n) is 3.87. The van der Waals surface area contributed by atoms with Gasteiger partial charge < -0.3 is 4.42 Å². The van der Waals surface area contributed by atoms with Gasteiger partial charge in [0, 0.05) is 16.1 Å². The normalized spacial score (nSPS) is 20.2. The Labute approximate surface area is 148 Å². The van der Waals surface area contributed by atoms with Crippen molar-refractivity contribution in [2.24, 2.45) is 0 Å². The lowest BCUT2D eigenvalue weighted by Gasteiger charge is -2.22. The number of hydrogen-bond acceptors (Lipinski definition) is 6. The van der Waals surface area contributed by atoms with Gasteiger partial charge in [-0.1, -0.05) is 22.0 Å². The molecule has 1 saturated heterocycles. The Bertz CT molecular complexity index is 875. The van der Waals surface area contributed by atoms with Crippen LogP contribution in [-0.4, -0.2) is 47.7 Å². The van der Waals surface area contributed by atoms with Gasteiger partial charge in [-0.3, -0.25) is 4.90 Å². The van der Waals surface area contributed by atoms with Crippen LogP contribution in [0.5, 0.6) is 0 Å². The van der Waals surface area contributed by atoms with Crippen LogP contribution in [0.4, 0.5) is 0 Å². The molecular weight excluding hydrogens is 402 g/mol. The molecule has 3 rings (SSSR count). The number of sulfone groups is 1. The van der Waals surface area contributed by atoms with Gasteiger partial charge in [0.1, 0.15) is 0 Å². The van der Waals surface area contributed by atoms with Crippen molar-refractivity contribution in [2.75, 3.05) is 18.6 Å². The Morgan fingerprint density at radius 2 is 2.30 bits per heavy atom. The van der Waals surface area contributed by atoms with E-state index in [2.05, 4.69) is 21.0 Å². The van der Waals surface area contributed by atoms with Crippen LogP contribution < -0.4 is 0 Å². The Morgan fingerprint density at radius 1 is 1.52 bits per heavy atom. The van der Waals surface area contributed by atoms with E-state index in [1.54, 1.807) is 4.68 Å². The zero-order chi connectivity index (χ0) is 16.6. The maximum atomic E-state index is 11.6. The van der Waals surface area contributed by atoms with Crippen molar-refractivity contribution in [1.82, 2.24) is 14.7 Å². The average Bonchev–Trinajstić information content (AvgIpc) is 3.02. The summed E-state index contributed by atoms with van der Waals surface area (Å²) in [6.07, 6.45) is 0.641. The van der Waals surface area contributed by atoms with Gasteiger partial charge in [0.2, 0.25) is 5.89 Å². The molecule has 0 N–H and O–H groups in total. The highest BCUT2D eigenvalue weighted by Crippen LogP contribution is 2.22. The topological polar surface area (TPSA) is 68.3 Å². The highest BCUT2D eigenvalue weighted by molar-refractivity contribution is 9.10. The van der Waals surface area contributed by atoms with Gasteiger partial charge in [-0.05, 0) is 43.9 Å². The number of aromatic nitrogens is 2. The molecule has 1 aliphatic heterocycles. The molecule has 6 nitrogen and oxygen atoms in total. The summed E-state index contributed by atoms with van der Waals surface area (Å²) < 4.78 is 31.3. The number of rotatable bonds is 4. The first-order valence-corrected chi connectivity index (χ1v) is 10.1. The van der Waals surface area contributed by atoms with Crippen molar-refractivity contribution in [3.05, 3.63) is 33.6 Å². The van der Waals surface area contributed by atoms with Crippen molar-refractivity contribution >= 4 is 38.0 Å². The minimum Gasteiger partial charge on any atom is -0.409 e. The maximum absolute atomic E-state index is 11.6. The van der Waals surface area contributed by atoms with Gasteiger partial charge in [0.15, 0.2) is 9.84 Å². The second kappa shape index (κ2) is 6.46. The largest absolute Gasteiger partial charge is 0.409 e. The third-order valence-corrected chi connectivity index (χ3v) is 6.40. The van der Waals surface area contributed by atoms with E-state index < -0.39 is 9.84 Å². The molecule has 124 valence electrons. The maximum Gasteiger partial charge on any atom is 0.288 e. The summed E-state index contributed by atoms with van der Waals surface area (Å²) in [5.41, 5.74) is 0.829. The lowest BCUT2D eigenvalue weighted by molar-refractivity contribution is 0.194. The molecule has 1 fully saturated rings. The van der Waals surface area contributed by atoms with Crippen LogP contribution in [-0.2, 0) is 16.5 Å². The minimum absolute atomic E-state index is 0.00656. The van der Waals surface area contributed by atoms with Crippen LogP contribution >= 0.6 is 28.1 Å². The predicted molar refractivity (Wildman–Crippen MR) is 93.3 cm³/mol. The molecule has 2 aromatic rings. The smallest absolute Gasteiger partial charge is 0.288 e. The Balaban J connectivity index is 1.78. The van der Waals surface area contributed by atoms with Crippen LogP contribution in [0.3, 0.4) is 0 Å². The second-order valence-corrected chi connectivity index (χ2v) is 9.13. The van der Waals surface area contributed by atoms with Gasteiger partial charge in [0.25, 0.3) is 4.84 Å². The Hall–Kier alpha value is -1.03. The first-order valence-electron chi connectivity index (χ1n) is 7.08. The van der Waals surface area contributed by atoms with E-state index in [0.29, 0.717) is 19.0 Å². The fraction of sp³-hybridized carbons (Fsp3) is 0.429. The van der Waals surface area contributed by atoms with E-state index in [9.17, 15) is 8.42 Å². The van der Waals surface area contributed by atoms with E-state index in [4.69, 9.17) is 16.6 Å². The Kier molecular flexibility index (Phi) is 4.73. The molecule has 0 spiro atoms. The van der Waals surface area contributed by atoms with Crippen LogP contribution in [0, 0.1) is 4.84 Å². The van der Waals surface area contributed by atoms with E-state index >= 15 is 0 Å². The average molecular weight is 418 g/mol. The molecule has 0 radical (unpaired) electrons. The minimum atomic E-state index is -2.91. The molecule has 1 aromatic heterocycles. The molecule has 0 amide bonds. The molecule has 1 atom stereocenters. The fourth-order valence-electron chi connectivity index (χ4n) is 2.58. The van der Waals surface area contributed by atoms with Crippen molar-refractivity contribution in [3.8, 4) is 11.5 Å². The number of nitrogens with zero attached hydrogens (tertiary/aromatic N) is 3. The summed E-state index contributed by atoms with van der Waals surface area (Å²) in [5.74, 6) is 0.881. The van der Waals surface area contributed by atoms with Crippen LogP contribution in [0.1, 0.15) is 6.42 Å². The summed E-state index contributed by atoms with van der Waals surface area (Å²) in [4.78, 5) is 2.22. The summed E-state index contributed by atoms with van der Waals surface area (Å²) in [7, 11) is -1.04. The molecule has 9 heteroatoms. The van der Waals surface area contributed by atoms with Gasteiger partial charge in [0.05, 0.1) is 18.2 Å². The number of hydrogen-bond donors (Lipinski definition) is 0. The SMILES string of the molecule is CN(Cn1nc(-c2cccc(Br)c2)oc1=S)C1CCS(=O)(=O)C1. The lowest BCUT2D eigenvalue weighted by Crippen LogP contribution is -2.34. The van der Waals surface area contributed by atoms with Gasteiger partial charge in [-0.2, -0.15) is 0 Å². The lowest BCUT2D eigenvalue weighted by atomic mass is 10.2. The van der Waals surface area contributed by atoms with E-state index in [1.165, 1.54) is 0 Å². The van der Waals surface area contributed by atoms with Crippen LogP contribution in [0.15, 0.2) is 33.2 Å². The van der Waals surface area contributed by atoms with E-state index in [0.717, 1.165) is 10.0 Å². The van der Waals surface area contributed by atoms with Gasteiger partial charge in [-0.25, -0.2) is 13.1 Å². The predicted octanol–water partition coefficient (Wildman–Crippen LogP) is 2.71. The monoisotopic (exact) mass is 417 g/mol. The zero-order valence-corrected chi connectivity index (χ0v) is 15.7. The molecule has 2 heterocycles. The first-order chi connectivity index (χ1) is 10.8. The molecule has 23 heavy (non-hydrogen) atoms. The molecule has 1 unspecified atom stereocenters. The highest BCUT2D eigenvalue weighted by atomic mass is 79.9. The Morgan fingerprint density at radius 3 is 2.96 bits per heavy atom. The molecule has 0 bridgehead atoms. The van der Waals surface area contributed by atoms with E-state index in [1.807, 2.05) is 36.2 Å². The number of benzene rings is 1. The van der Waals surface area contributed by atoms with Gasteiger partial charge in [-0.15, -0.1) is 5.10 Å². The third kappa shape index (κ3) is 3.90. The summed E-state index contributed by atoms with van der Waals surface area (Å²) in [5, 5.41) is 4.40. The molecule has 0 saturated carbocycles. The van der Waals surface area contributed by atoms with Crippen molar-refractivity contribution in [1.29, 1.82) is 0 Å². The summed E-state index contributed by atoms with van der Waals surface area (Å²) >= 11 is 8.63. The summed E-state index contributed by atoms with van der Waals surface area (Å²) in [6.45, 7) is 0.399.